The van der Waals surface area contributed by atoms with Crippen molar-refractivity contribution < 1.29 is 19.1 Å². The highest BCUT2D eigenvalue weighted by atomic mass is 32.2. The topological polar surface area (TPSA) is 125 Å². The van der Waals surface area contributed by atoms with E-state index in [0.717, 1.165) is 5.56 Å². The first-order valence-corrected chi connectivity index (χ1v) is 11.8. The molecule has 0 saturated carbocycles. The Morgan fingerprint density at radius 1 is 1.32 bits per heavy atom. The molecular weight excluding hydrogens is 476 g/mol. The second-order valence-corrected chi connectivity index (χ2v) is 9.28. The third-order valence-electron chi connectivity index (χ3n) is 5.62. The van der Waals surface area contributed by atoms with Crippen molar-refractivity contribution in [2.24, 2.45) is 5.73 Å². The zero-order valence-electron chi connectivity index (χ0n) is 18.3. The fraction of sp³-hybridized carbons (Fsp3) is 0.273. The van der Waals surface area contributed by atoms with Gasteiger partial charge in [-0.05, 0) is 30.7 Å². The smallest absolute Gasteiger partial charge is 0.355 e. The minimum atomic E-state index is -0.672. The van der Waals surface area contributed by atoms with Gasteiger partial charge in [-0.3, -0.25) is 9.69 Å². The van der Waals surface area contributed by atoms with Crippen molar-refractivity contribution in [3.8, 4) is 5.75 Å². The lowest BCUT2D eigenvalue weighted by Gasteiger charge is -2.48. The largest absolute Gasteiger partial charge is 0.497 e. The zero-order valence-corrected chi connectivity index (χ0v) is 19.9. The maximum absolute atomic E-state index is 13.3. The van der Waals surface area contributed by atoms with Crippen molar-refractivity contribution in [2.45, 2.75) is 24.9 Å². The molecule has 4 heterocycles. The van der Waals surface area contributed by atoms with Crippen molar-refractivity contribution in [3.05, 3.63) is 64.9 Å². The number of carbonyl (C=O) groups is 2. The number of rotatable bonds is 6. The minimum absolute atomic E-state index is 0.0277. The minimum Gasteiger partial charge on any atom is -0.497 e. The number of β-lactam (4-membered cyclic amide) rings is 1. The van der Waals surface area contributed by atoms with Crippen LogP contribution in [0.15, 0.2) is 47.9 Å². The molecule has 2 aliphatic heterocycles. The summed E-state index contributed by atoms with van der Waals surface area (Å²) in [5.74, 6) is 0.505. The molecule has 1 amide bonds. The fourth-order valence-corrected chi connectivity index (χ4v) is 5.57. The molecule has 0 aliphatic carbocycles. The van der Waals surface area contributed by atoms with Crippen molar-refractivity contribution >= 4 is 46.5 Å². The number of ether oxygens (including phenoxy) is 2. The number of amides is 1. The molecule has 1 saturated heterocycles. The normalized spacial score (nSPS) is 19.6. The summed E-state index contributed by atoms with van der Waals surface area (Å²) in [6.07, 6.45) is 1.38. The van der Waals surface area contributed by atoms with Crippen LogP contribution in [0.5, 0.6) is 5.75 Å². The standard InChI is InChI=1S/C22H20N6O4S2/c1-11-7-15(28-22(26-11)24-10-25-28)18(33)14-9-34-20-16(23)19(29)27(20)17(14)21(30)32-8-12-3-5-13(31-2)6-4-12/h3-7,10,16,20H,8-9,23H2,1-2H3/t16?,20-/m0/s1. The summed E-state index contributed by atoms with van der Waals surface area (Å²) in [7, 11) is 1.58. The molecule has 0 radical (unpaired) electrons. The lowest BCUT2D eigenvalue weighted by Crippen LogP contribution is -2.68. The van der Waals surface area contributed by atoms with E-state index in [9.17, 15) is 9.59 Å². The number of aromatic nitrogens is 4. The molecule has 2 atom stereocenters. The predicted molar refractivity (Wildman–Crippen MR) is 128 cm³/mol. The Hall–Kier alpha value is -3.35. The van der Waals surface area contributed by atoms with Crippen molar-refractivity contribution in [1.29, 1.82) is 0 Å². The molecule has 34 heavy (non-hydrogen) atoms. The highest BCUT2D eigenvalue weighted by Crippen LogP contribution is 2.41. The van der Waals surface area contributed by atoms with Gasteiger partial charge in [-0.2, -0.15) is 14.6 Å². The molecule has 0 bridgehead atoms. The number of esters is 1. The van der Waals surface area contributed by atoms with Crippen molar-refractivity contribution in [2.75, 3.05) is 12.9 Å². The van der Waals surface area contributed by atoms with E-state index in [4.69, 9.17) is 27.4 Å². The average Bonchev–Trinajstić information content (AvgIpc) is 3.33. The van der Waals surface area contributed by atoms with Gasteiger partial charge in [-0.1, -0.05) is 24.4 Å². The van der Waals surface area contributed by atoms with Gasteiger partial charge in [0, 0.05) is 17.0 Å². The Labute approximate surface area is 204 Å². The maximum atomic E-state index is 13.3. The molecule has 2 aromatic heterocycles. The Morgan fingerprint density at radius 3 is 2.82 bits per heavy atom. The van der Waals surface area contributed by atoms with Crippen LogP contribution < -0.4 is 10.5 Å². The van der Waals surface area contributed by atoms with E-state index in [-0.39, 0.29) is 23.6 Å². The molecule has 174 valence electrons. The van der Waals surface area contributed by atoms with Crippen LogP contribution in [0.2, 0.25) is 0 Å². The summed E-state index contributed by atoms with van der Waals surface area (Å²) in [5.41, 5.74) is 8.65. The van der Waals surface area contributed by atoms with Gasteiger partial charge in [0.25, 0.3) is 5.78 Å². The monoisotopic (exact) mass is 496 g/mol. The number of thioether (sulfide) groups is 1. The molecule has 1 aromatic carbocycles. The SMILES string of the molecule is COc1ccc(COC(=O)C2=C(C(=S)c3cc(C)nc4ncnn34)CS[C@H]3C(N)C(=O)N23)cc1. The predicted octanol–water partition coefficient (Wildman–Crippen LogP) is 1.40. The number of methoxy groups -OCH3 is 1. The number of nitrogens with two attached hydrogens (primary N) is 1. The highest BCUT2D eigenvalue weighted by molar-refractivity contribution is 8.00. The maximum Gasteiger partial charge on any atom is 0.355 e. The molecular formula is C22H20N6O4S2. The molecule has 2 N–H and O–H groups in total. The number of benzene rings is 1. The van der Waals surface area contributed by atoms with Crippen LogP contribution in [0.3, 0.4) is 0 Å². The van der Waals surface area contributed by atoms with Gasteiger partial charge in [0.1, 0.15) is 35.8 Å². The molecule has 2 aliphatic rings. The molecule has 1 unspecified atom stereocenters. The Morgan fingerprint density at radius 2 is 2.09 bits per heavy atom. The van der Waals surface area contributed by atoms with Crippen LogP contribution >= 0.6 is 24.0 Å². The average molecular weight is 497 g/mol. The van der Waals surface area contributed by atoms with Gasteiger partial charge in [-0.25, -0.2) is 9.78 Å². The van der Waals surface area contributed by atoms with Crippen LogP contribution in [-0.4, -0.2) is 65.5 Å². The molecule has 0 spiro atoms. The first-order valence-electron chi connectivity index (χ1n) is 10.3. The van der Waals surface area contributed by atoms with E-state index in [0.29, 0.717) is 39.1 Å². The van der Waals surface area contributed by atoms with Crippen LogP contribution in [0.1, 0.15) is 17.0 Å². The van der Waals surface area contributed by atoms with E-state index in [1.54, 1.807) is 37.4 Å². The molecule has 3 aromatic rings. The van der Waals surface area contributed by atoms with Crippen LogP contribution in [0.25, 0.3) is 5.78 Å². The molecule has 5 rings (SSSR count). The Kier molecular flexibility index (Phi) is 5.80. The van der Waals surface area contributed by atoms with Gasteiger partial charge in [0.05, 0.1) is 17.7 Å². The van der Waals surface area contributed by atoms with E-state index in [1.807, 2.05) is 6.92 Å². The van der Waals surface area contributed by atoms with Gasteiger partial charge < -0.3 is 15.2 Å². The van der Waals surface area contributed by atoms with Crippen molar-refractivity contribution in [1.82, 2.24) is 24.5 Å². The van der Waals surface area contributed by atoms with Crippen LogP contribution in [0.4, 0.5) is 0 Å². The van der Waals surface area contributed by atoms with Crippen LogP contribution in [-0.2, 0) is 20.9 Å². The van der Waals surface area contributed by atoms with E-state index in [1.165, 1.54) is 27.5 Å². The van der Waals surface area contributed by atoms with Gasteiger partial charge >= 0.3 is 5.97 Å². The number of fused-ring (bicyclic) bond motifs is 2. The Balaban J connectivity index is 1.50. The Bertz CT molecular complexity index is 1350. The number of hydrogen-bond donors (Lipinski definition) is 1. The van der Waals surface area contributed by atoms with E-state index >= 15 is 0 Å². The summed E-state index contributed by atoms with van der Waals surface area (Å²) in [6.45, 7) is 1.85. The van der Waals surface area contributed by atoms with E-state index in [2.05, 4.69) is 15.1 Å². The first kappa shape index (κ1) is 22.4. The first-order chi connectivity index (χ1) is 16.4. The molecule has 12 heteroatoms. The lowest BCUT2D eigenvalue weighted by molar-refractivity contribution is -0.151. The van der Waals surface area contributed by atoms with Crippen LogP contribution in [0, 0.1) is 6.92 Å². The quantitative estimate of drug-likeness (QED) is 0.232. The van der Waals surface area contributed by atoms with Crippen molar-refractivity contribution in [3.63, 3.8) is 0 Å². The van der Waals surface area contributed by atoms with Gasteiger partial charge in [-0.15, -0.1) is 11.8 Å². The highest BCUT2D eigenvalue weighted by Gasteiger charge is 2.52. The summed E-state index contributed by atoms with van der Waals surface area (Å²) in [5, 5.41) is 3.87. The second kappa shape index (κ2) is 8.78. The number of thiocarbonyl (C=S) groups is 1. The number of nitrogens with zero attached hydrogens (tertiary/aromatic N) is 5. The summed E-state index contributed by atoms with van der Waals surface area (Å²) < 4.78 is 12.3. The summed E-state index contributed by atoms with van der Waals surface area (Å²) >= 11 is 7.26. The molecule has 10 nitrogen and oxygen atoms in total. The van der Waals surface area contributed by atoms with E-state index < -0.39 is 12.0 Å². The number of hydrogen-bond acceptors (Lipinski definition) is 10. The lowest BCUT2D eigenvalue weighted by atomic mass is 10.0. The summed E-state index contributed by atoms with van der Waals surface area (Å²) in [6, 6.07) is 8.27. The van der Waals surface area contributed by atoms with Gasteiger partial charge in [0.15, 0.2) is 0 Å². The number of aryl methyl sites for hydroxylation is 1. The third kappa shape index (κ3) is 3.73. The second-order valence-electron chi connectivity index (χ2n) is 7.77. The zero-order chi connectivity index (χ0) is 24.0. The van der Waals surface area contributed by atoms with Gasteiger partial charge in [0.2, 0.25) is 5.91 Å². The third-order valence-corrected chi connectivity index (χ3v) is 7.37. The fourth-order valence-electron chi connectivity index (χ4n) is 3.87. The number of carbonyl (C=O) groups excluding carboxylic acids is 2. The summed E-state index contributed by atoms with van der Waals surface area (Å²) in [4.78, 5) is 36.2. The molecule has 1 fully saturated rings.